The largest absolute Gasteiger partial charge is 0.481 e. The quantitative estimate of drug-likeness (QED) is 0.328. The summed E-state index contributed by atoms with van der Waals surface area (Å²) in [6, 6.07) is 36.7. The van der Waals surface area contributed by atoms with Gasteiger partial charge >= 0.3 is 11.9 Å². The summed E-state index contributed by atoms with van der Waals surface area (Å²) >= 11 is 0. The van der Waals surface area contributed by atoms with Crippen molar-refractivity contribution in [3.05, 3.63) is 132 Å². The third-order valence-electron chi connectivity index (χ3n) is 6.95. The molecule has 35 heavy (non-hydrogen) atoms. The SMILES string of the molecule is O=C(O)[C@@H]1[C@@H](c2ccccc2)[C@H](C(=O)OCc2ccccc2-c2ccccc2)[C@H]1c1ccccc1. The Bertz CT molecular complexity index is 1250. The highest BCUT2D eigenvalue weighted by atomic mass is 16.5. The third-order valence-corrected chi connectivity index (χ3v) is 6.95. The molecule has 4 aromatic carbocycles. The first kappa shape index (κ1) is 22.6. The van der Waals surface area contributed by atoms with Gasteiger partial charge in [-0.1, -0.05) is 115 Å². The van der Waals surface area contributed by atoms with E-state index in [-0.39, 0.29) is 12.6 Å². The molecule has 4 atom stereocenters. The van der Waals surface area contributed by atoms with Crippen LogP contribution in [0.2, 0.25) is 0 Å². The van der Waals surface area contributed by atoms with Crippen LogP contribution in [0.1, 0.15) is 28.5 Å². The molecule has 0 unspecified atom stereocenters. The summed E-state index contributed by atoms with van der Waals surface area (Å²) in [4.78, 5) is 25.9. The molecule has 0 aliphatic heterocycles. The molecule has 0 amide bonds. The van der Waals surface area contributed by atoms with Crippen LogP contribution in [-0.2, 0) is 20.9 Å². The molecule has 4 nitrogen and oxygen atoms in total. The van der Waals surface area contributed by atoms with E-state index in [1.165, 1.54) is 0 Å². The maximum atomic E-state index is 13.6. The highest BCUT2D eigenvalue weighted by Crippen LogP contribution is 2.58. The van der Waals surface area contributed by atoms with Crippen LogP contribution < -0.4 is 0 Å². The molecule has 174 valence electrons. The first-order valence-electron chi connectivity index (χ1n) is 11.8. The predicted molar refractivity (Wildman–Crippen MR) is 135 cm³/mol. The van der Waals surface area contributed by atoms with E-state index in [0.717, 1.165) is 27.8 Å². The standard InChI is InChI=1S/C31H26O4/c32-30(33)28-26(22-14-6-2-7-15-22)29(27(28)23-16-8-3-9-17-23)31(34)35-20-24-18-10-11-19-25(24)21-12-4-1-5-13-21/h1-19,26-29H,20H2,(H,32,33)/t26-,27+,28-,29+. The van der Waals surface area contributed by atoms with Gasteiger partial charge in [0.25, 0.3) is 0 Å². The second-order valence-electron chi connectivity index (χ2n) is 8.89. The summed E-state index contributed by atoms with van der Waals surface area (Å²) in [7, 11) is 0. The number of benzene rings is 4. The number of ether oxygens (including phenoxy) is 1. The number of esters is 1. The average molecular weight is 463 g/mol. The van der Waals surface area contributed by atoms with E-state index < -0.39 is 29.6 Å². The second kappa shape index (κ2) is 9.98. The molecule has 1 N–H and O–H groups in total. The van der Waals surface area contributed by atoms with Gasteiger partial charge in [0, 0.05) is 11.8 Å². The highest BCUT2D eigenvalue weighted by Gasteiger charge is 2.59. The lowest BCUT2D eigenvalue weighted by atomic mass is 9.52. The minimum atomic E-state index is -0.897. The minimum absolute atomic E-state index is 0.126. The summed E-state index contributed by atoms with van der Waals surface area (Å²) in [5.41, 5.74) is 4.67. The van der Waals surface area contributed by atoms with Gasteiger partial charge < -0.3 is 9.84 Å². The van der Waals surface area contributed by atoms with Crippen LogP contribution in [0.25, 0.3) is 11.1 Å². The van der Waals surface area contributed by atoms with Gasteiger partial charge in [-0.3, -0.25) is 9.59 Å². The van der Waals surface area contributed by atoms with Crippen LogP contribution in [-0.4, -0.2) is 17.0 Å². The van der Waals surface area contributed by atoms with Crippen LogP contribution in [0.5, 0.6) is 0 Å². The van der Waals surface area contributed by atoms with Gasteiger partial charge in [0.2, 0.25) is 0 Å². The van der Waals surface area contributed by atoms with Gasteiger partial charge in [0.05, 0.1) is 11.8 Å². The number of carboxylic acid groups (broad SMARTS) is 1. The molecule has 0 aromatic heterocycles. The number of hydrogen-bond donors (Lipinski definition) is 1. The number of carbonyl (C=O) groups excluding carboxylic acids is 1. The van der Waals surface area contributed by atoms with Crippen LogP contribution in [0.4, 0.5) is 0 Å². The molecular weight excluding hydrogens is 436 g/mol. The van der Waals surface area contributed by atoms with E-state index in [4.69, 9.17) is 4.74 Å². The molecule has 4 aromatic rings. The fourth-order valence-corrected chi connectivity index (χ4v) is 5.32. The molecule has 0 bridgehead atoms. The van der Waals surface area contributed by atoms with Crippen molar-refractivity contribution in [1.82, 2.24) is 0 Å². The summed E-state index contributed by atoms with van der Waals surface area (Å²) in [6.45, 7) is 0.126. The van der Waals surface area contributed by atoms with E-state index in [0.29, 0.717) is 0 Å². The zero-order valence-electron chi connectivity index (χ0n) is 19.2. The highest BCUT2D eigenvalue weighted by molar-refractivity contribution is 5.84. The Morgan fingerprint density at radius 2 is 1.11 bits per heavy atom. The van der Waals surface area contributed by atoms with Crippen molar-refractivity contribution in [2.24, 2.45) is 11.8 Å². The second-order valence-corrected chi connectivity index (χ2v) is 8.89. The first-order chi connectivity index (χ1) is 17.1. The average Bonchev–Trinajstić information content (AvgIpc) is 2.89. The number of carbonyl (C=O) groups is 2. The summed E-state index contributed by atoms with van der Waals surface area (Å²) in [6.07, 6.45) is 0. The van der Waals surface area contributed by atoms with E-state index >= 15 is 0 Å². The number of hydrogen-bond acceptors (Lipinski definition) is 3. The Labute approximate surface area is 204 Å². The molecule has 0 saturated heterocycles. The molecule has 0 heterocycles. The minimum Gasteiger partial charge on any atom is -0.481 e. The van der Waals surface area contributed by atoms with Gasteiger partial charge in [0.15, 0.2) is 0 Å². The van der Waals surface area contributed by atoms with Gasteiger partial charge in [-0.2, -0.15) is 0 Å². The van der Waals surface area contributed by atoms with E-state index in [1.807, 2.05) is 115 Å². The maximum Gasteiger partial charge on any atom is 0.310 e. The number of carboxylic acids is 1. The van der Waals surface area contributed by atoms with Crippen molar-refractivity contribution in [2.45, 2.75) is 18.4 Å². The maximum absolute atomic E-state index is 13.6. The Hall–Kier alpha value is -4.18. The summed E-state index contributed by atoms with van der Waals surface area (Å²) in [5.74, 6) is -3.44. The number of aliphatic carboxylic acids is 1. The summed E-state index contributed by atoms with van der Waals surface area (Å²) < 4.78 is 5.89. The lowest BCUT2D eigenvalue weighted by Crippen LogP contribution is -2.51. The van der Waals surface area contributed by atoms with Crippen LogP contribution in [0.3, 0.4) is 0 Å². The Morgan fingerprint density at radius 1 is 0.629 bits per heavy atom. The van der Waals surface area contributed by atoms with E-state index in [1.54, 1.807) is 0 Å². The Kier molecular flexibility index (Phi) is 6.44. The smallest absolute Gasteiger partial charge is 0.310 e. The first-order valence-corrected chi connectivity index (χ1v) is 11.8. The number of rotatable bonds is 7. The molecule has 1 aliphatic carbocycles. The molecule has 1 saturated carbocycles. The molecule has 4 heteroatoms. The monoisotopic (exact) mass is 462 g/mol. The van der Waals surface area contributed by atoms with Crippen LogP contribution >= 0.6 is 0 Å². The van der Waals surface area contributed by atoms with E-state index in [2.05, 4.69) is 0 Å². The lowest BCUT2D eigenvalue weighted by molar-refractivity contribution is -0.165. The Morgan fingerprint density at radius 3 is 1.66 bits per heavy atom. The zero-order valence-corrected chi connectivity index (χ0v) is 19.2. The van der Waals surface area contributed by atoms with Crippen molar-refractivity contribution in [3.63, 3.8) is 0 Å². The fourth-order valence-electron chi connectivity index (χ4n) is 5.32. The third kappa shape index (κ3) is 4.47. The molecular formula is C31H26O4. The van der Waals surface area contributed by atoms with Crippen LogP contribution in [0.15, 0.2) is 115 Å². The predicted octanol–water partition coefficient (Wildman–Crippen LogP) is 6.30. The molecule has 1 aliphatic rings. The van der Waals surface area contributed by atoms with Gasteiger partial charge in [-0.15, -0.1) is 0 Å². The van der Waals surface area contributed by atoms with Crippen molar-refractivity contribution in [2.75, 3.05) is 0 Å². The molecule has 5 rings (SSSR count). The normalized spacial score (nSPS) is 21.0. The van der Waals surface area contributed by atoms with Gasteiger partial charge in [-0.25, -0.2) is 0 Å². The fraction of sp³-hybridized carbons (Fsp3) is 0.161. The van der Waals surface area contributed by atoms with Crippen molar-refractivity contribution in [1.29, 1.82) is 0 Å². The lowest BCUT2D eigenvalue weighted by Gasteiger charge is -2.49. The Balaban J connectivity index is 1.44. The van der Waals surface area contributed by atoms with Crippen molar-refractivity contribution >= 4 is 11.9 Å². The van der Waals surface area contributed by atoms with Crippen molar-refractivity contribution in [3.8, 4) is 11.1 Å². The van der Waals surface area contributed by atoms with Gasteiger partial charge in [-0.05, 0) is 27.8 Å². The van der Waals surface area contributed by atoms with Crippen LogP contribution in [0, 0.1) is 11.8 Å². The van der Waals surface area contributed by atoms with E-state index in [9.17, 15) is 14.7 Å². The molecule has 1 fully saturated rings. The molecule has 0 radical (unpaired) electrons. The van der Waals surface area contributed by atoms with Crippen molar-refractivity contribution < 1.29 is 19.4 Å². The topological polar surface area (TPSA) is 63.6 Å². The molecule has 0 spiro atoms. The zero-order chi connectivity index (χ0) is 24.2. The van der Waals surface area contributed by atoms with Gasteiger partial charge in [0.1, 0.15) is 6.61 Å². The summed E-state index contributed by atoms with van der Waals surface area (Å²) in [5, 5.41) is 10.1.